The summed E-state index contributed by atoms with van der Waals surface area (Å²) in [5, 5.41) is 16.6. The van der Waals surface area contributed by atoms with Gasteiger partial charge in [-0.2, -0.15) is 6.54 Å². The number of halogens is 1. The Morgan fingerprint density at radius 2 is 1.88 bits per heavy atom. The van der Waals surface area contributed by atoms with Crippen LogP contribution in [0.5, 0.6) is 0 Å². The van der Waals surface area contributed by atoms with Gasteiger partial charge in [0.2, 0.25) is 0 Å². The zero-order valence-electron chi connectivity index (χ0n) is 10.0. The Hall–Kier alpha value is 0.690. The molecule has 1 atom stereocenters. The minimum absolute atomic E-state index is 0. The minimum atomic E-state index is -0.863. The largest absolute Gasteiger partial charge is 2.00 e. The van der Waals surface area contributed by atoms with E-state index in [1.165, 1.54) is 0 Å². The van der Waals surface area contributed by atoms with E-state index < -0.39 is 6.10 Å². The summed E-state index contributed by atoms with van der Waals surface area (Å²) in [7, 11) is 0. The second kappa shape index (κ2) is 7.20. The Morgan fingerprint density at radius 1 is 1.31 bits per heavy atom. The van der Waals surface area contributed by atoms with Gasteiger partial charge in [0.25, 0.3) is 0 Å². The van der Waals surface area contributed by atoms with Gasteiger partial charge in [0.15, 0.2) is 0 Å². The van der Waals surface area contributed by atoms with Crippen LogP contribution in [0.1, 0.15) is 32.4 Å². The molecule has 1 aromatic rings. The van der Waals surface area contributed by atoms with Crippen LogP contribution >= 0.6 is 11.6 Å². The minimum Gasteiger partial charge on any atom is -0.850 e. The molecule has 0 aliphatic heterocycles. The summed E-state index contributed by atoms with van der Waals surface area (Å²) in [4.78, 5) is 0. The molecular weight excluding hydrogens is 250 g/mol. The van der Waals surface area contributed by atoms with Crippen molar-refractivity contribution in [3.8, 4) is 0 Å². The second-order valence-electron chi connectivity index (χ2n) is 4.52. The van der Waals surface area contributed by atoms with Crippen LogP contribution in [-0.4, -0.2) is 49.8 Å². The monoisotopic (exact) mass is 265 g/mol. The molecule has 0 radical (unpaired) electrons. The number of hydrogen-bond acceptors (Lipinski definition) is 1. The van der Waals surface area contributed by atoms with Crippen LogP contribution in [0.3, 0.4) is 0 Å². The van der Waals surface area contributed by atoms with Crippen LogP contribution in [0, 0.1) is 0 Å². The molecule has 0 aliphatic carbocycles. The van der Waals surface area contributed by atoms with Gasteiger partial charge in [-0.05, 0) is 11.6 Å². The van der Waals surface area contributed by atoms with Crippen molar-refractivity contribution in [3.63, 3.8) is 0 Å². The molecule has 0 amide bonds. The molecule has 84 valence electrons. The fourth-order valence-corrected chi connectivity index (χ4v) is 1.45. The van der Waals surface area contributed by atoms with Crippen molar-refractivity contribution in [1.82, 2.24) is 0 Å². The van der Waals surface area contributed by atoms with Crippen LogP contribution in [0.2, 0.25) is 5.02 Å². The van der Waals surface area contributed by atoms with Crippen molar-refractivity contribution in [2.45, 2.75) is 32.4 Å². The van der Waals surface area contributed by atoms with E-state index in [0.717, 1.165) is 0 Å². The smallest absolute Gasteiger partial charge is 0.850 e. The molecular formula is C12H16CaClNO. The Labute approximate surface area is 132 Å². The van der Waals surface area contributed by atoms with Crippen LogP contribution in [0.4, 0.5) is 0 Å². The van der Waals surface area contributed by atoms with Gasteiger partial charge in [0.05, 0.1) is 0 Å². The molecule has 1 unspecified atom stereocenters. The third-order valence-corrected chi connectivity index (χ3v) is 2.33. The average Bonchev–Trinajstić information content (AvgIpc) is 2.14. The number of hydrogen-bond donors (Lipinski definition) is 0. The summed E-state index contributed by atoms with van der Waals surface area (Å²) in [5.41, 5.74) is 0.469. The summed E-state index contributed by atoms with van der Waals surface area (Å²) in [6.07, 6.45) is -0.863. The second-order valence-corrected chi connectivity index (χ2v) is 4.93. The van der Waals surface area contributed by atoms with E-state index in [2.05, 4.69) is 5.32 Å². The molecule has 0 fully saturated rings. The predicted octanol–water partition coefficient (Wildman–Crippen LogP) is 2.53. The molecule has 1 rings (SSSR count). The van der Waals surface area contributed by atoms with Crippen molar-refractivity contribution < 1.29 is 5.11 Å². The quantitative estimate of drug-likeness (QED) is 0.774. The molecule has 0 spiro atoms. The average molecular weight is 266 g/mol. The first kappa shape index (κ1) is 16.7. The molecule has 0 heterocycles. The molecule has 16 heavy (non-hydrogen) atoms. The predicted molar refractivity (Wildman–Crippen MR) is 67.9 cm³/mol. The SMILES string of the molecule is CC(C)(C)[N-]CC([O-])c1ccccc1Cl.[Ca+2]. The van der Waals surface area contributed by atoms with Gasteiger partial charge in [-0.15, -0.1) is 11.6 Å². The van der Waals surface area contributed by atoms with Crippen LogP contribution in [-0.2, 0) is 0 Å². The Morgan fingerprint density at radius 3 is 2.38 bits per heavy atom. The summed E-state index contributed by atoms with van der Waals surface area (Å²) in [6.45, 7) is 6.21. The maximum Gasteiger partial charge on any atom is 2.00 e. The molecule has 2 nitrogen and oxygen atoms in total. The Balaban J connectivity index is 0.00000225. The zero-order chi connectivity index (χ0) is 11.5. The fraction of sp³-hybridized carbons (Fsp3) is 0.500. The van der Waals surface area contributed by atoms with E-state index in [9.17, 15) is 5.11 Å². The Bertz CT molecular complexity index is 325. The molecule has 1 aromatic carbocycles. The topological polar surface area (TPSA) is 37.2 Å². The maximum atomic E-state index is 11.8. The van der Waals surface area contributed by atoms with Gasteiger partial charge in [-0.3, -0.25) is 0 Å². The third-order valence-electron chi connectivity index (χ3n) is 1.98. The van der Waals surface area contributed by atoms with E-state index in [1.807, 2.05) is 32.9 Å². The van der Waals surface area contributed by atoms with Crippen molar-refractivity contribution in [1.29, 1.82) is 0 Å². The van der Waals surface area contributed by atoms with Gasteiger partial charge in [-0.1, -0.05) is 50.6 Å². The molecule has 0 N–H and O–H groups in total. The normalized spacial score (nSPS) is 13.1. The zero-order valence-corrected chi connectivity index (χ0v) is 13.0. The van der Waals surface area contributed by atoms with Gasteiger partial charge in [-0.25, -0.2) is 0 Å². The van der Waals surface area contributed by atoms with Gasteiger partial charge < -0.3 is 10.4 Å². The van der Waals surface area contributed by atoms with Crippen LogP contribution in [0.15, 0.2) is 24.3 Å². The first-order valence-corrected chi connectivity index (χ1v) is 5.37. The van der Waals surface area contributed by atoms with Crippen molar-refractivity contribution in [2.75, 3.05) is 6.54 Å². The van der Waals surface area contributed by atoms with Crippen molar-refractivity contribution >= 4 is 49.3 Å². The summed E-state index contributed by atoms with van der Waals surface area (Å²) < 4.78 is 0. The van der Waals surface area contributed by atoms with Gasteiger partial charge >= 0.3 is 37.7 Å². The van der Waals surface area contributed by atoms with E-state index in [0.29, 0.717) is 10.6 Å². The molecule has 0 aromatic heterocycles. The third kappa shape index (κ3) is 5.85. The van der Waals surface area contributed by atoms with Crippen molar-refractivity contribution in [3.05, 3.63) is 40.2 Å². The first-order chi connectivity index (χ1) is 6.90. The molecule has 0 saturated carbocycles. The number of rotatable bonds is 3. The van der Waals surface area contributed by atoms with E-state index in [1.54, 1.807) is 12.1 Å². The summed E-state index contributed by atoms with van der Waals surface area (Å²) in [6, 6.07) is 7.14. The molecule has 0 saturated heterocycles. The van der Waals surface area contributed by atoms with E-state index in [4.69, 9.17) is 11.6 Å². The Kier molecular flexibility index (Phi) is 7.51. The molecule has 0 bridgehead atoms. The molecule has 0 aliphatic rings. The molecule has 4 heteroatoms. The maximum absolute atomic E-state index is 11.8. The van der Waals surface area contributed by atoms with Gasteiger partial charge in [0.1, 0.15) is 0 Å². The van der Waals surface area contributed by atoms with Crippen molar-refractivity contribution in [2.24, 2.45) is 0 Å². The standard InChI is InChI=1S/C12H16ClNO.Ca/c1-12(2,3)14-8-11(15)9-6-4-5-7-10(9)13;/h4-7,11H,8H2,1-3H3;/q-2;+2. The summed E-state index contributed by atoms with van der Waals surface area (Å²) >= 11 is 5.93. The summed E-state index contributed by atoms with van der Waals surface area (Å²) in [5.74, 6) is 0. The fourth-order valence-electron chi connectivity index (χ4n) is 1.19. The van der Waals surface area contributed by atoms with Crippen LogP contribution in [0.25, 0.3) is 5.32 Å². The van der Waals surface area contributed by atoms with Gasteiger partial charge in [0, 0.05) is 5.02 Å². The number of nitrogens with zero attached hydrogens (tertiary/aromatic N) is 1. The van der Waals surface area contributed by atoms with E-state index >= 15 is 0 Å². The van der Waals surface area contributed by atoms with E-state index in [-0.39, 0.29) is 49.8 Å². The number of benzene rings is 1. The van der Waals surface area contributed by atoms with Crippen LogP contribution < -0.4 is 5.11 Å². The first-order valence-electron chi connectivity index (χ1n) is 4.99.